The van der Waals surface area contributed by atoms with Crippen LogP contribution in [0.15, 0.2) is 36.4 Å². The highest BCUT2D eigenvalue weighted by Gasteiger charge is 2.04. The van der Waals surface area contributed by atoms with Gasteiger partial charge in [0.2, 0.25) is 0 Å². The summed E-state index contributed by atoms with van der Waals surface area (Å²) < 4.78 is 10.6. The van der Waals surface area contributed by atoms with Crippen molar-refractivity contribution in [2.24, 2.45) is 0 Å². The number of nitrogens with one attached hydrogen (secondary N) is 1. The molecule has 0 aliphatic carbocycles. The molecule has 0 fully saturated rings. The lowest BCUT2D eigenvalue weighted by molar-refractivity contribution is 0.354. The molecule has 2 aromatic rings. The monoisotopic (exact) mass is 355 g/mol. The van der Waals surface area contributed by atoms with Crippen LogP contribution in [0.25, 0.3) is 6.08 Å². The van der Waals surface area contributed by atoms with Gasteiger partial charge in [-0.15, -0.1) is 0 Å². The maximum absolute atomic E-state index is 5.40. The second-order valence-electron chi connectivity index (χ2n) is 6.02. The van der Waals surface area contributed by atoms with Crippen LogP contribution in [0.2, 0.25) is 0 Å². The largest absolute Gasteiger partial charge is 0.493 e. The van der Waals surface area contributed by atoms with Crippen LogP contribution in [-0.2, 0) is 6.54 Å². The molecule has 3 nitrogen and oxygen atoms in total. The average molecular weight is 356 g/mol. The summed E-state index contributed by atoms with van der Waals surface area (Å²) in [6, 6.07) is 10.2. The molecule has 0 aliphatic heterocycles. The molecule has 0 radical (unpaired) electrons. The van der Waals surface area contributed by atoms with Gasteiger partial charge in [-0.05, 0) is 66.8 Å². The van der Waals surface area contributed by atoms with E-state index in [2.05, 4.69) is 38.2 Å². The van der Waals surface area contributed by atoms with Gasteiger partial charge in [0.15, 0.2) is 11.5 Å². The molecule has 0 atom stereocenters. The summed E-state index contributed by atoms with van der Waals surface area (Å²) in [4.78, 5) is 0.700. The zero-order chi connectivity index (χ0) is 18.4. The molecule has 0 saturated heterocycles. The van der Waals surface area contributed by atoms with Gasteiger partial charge in [0.05, 0.1) is 19.2 Å². The molecule has 2 rings (SSSR count). The number of aryl methyl sites for hydroxylation is 2. The first-order chi connectivity index (χ1) is 11.9. The van der Waals surface area contributed by atoms with Gasteiger partial charge in [0, 0.05) is 6.54 Å². The lowest BCUT2D eigenvalue weighted by atomic mass is 10.0. The maximum Gasteiger partial charge on any atom is 0.161 e. The fourth-order valence-corrected chi connectivity index (χ4v) is 2.72. The molecule has 0 unspecified atom stereocenters. The number of benzene rings is 2. The second-order valence-corrected chi connectivity index (χ2v) is 6.46. The van der Waals surface area contributed by atoms with E-state index in [1.54, 1.807) is 14.2 Å². The lowest BCUT2D eigenvalue weighted by Crippen LogP contribution is -2.18. The van der Waals surface area contributed by atoms with Crippen molar-refractivity contribution in [2.45, 2.75) is 27.3 Å². The Bertz CT molecular complexity index is 773. The maximum atomic E-state index is 5.40. The summed E-state index contributed by atoms with van der Waals surface area (Å²) >= 11 is 5.40. The van der Waals surface area contributed by atoms with Crippen LogP contribution >= 0.6 is 12.2 Å². The second kappa shape index (κ2) is 8.67. The Labute approximate surface area is 155 Å². The van der Waals surface area contributed by atoms with Crippen LogP contribution in [0.4, 0.5) is 0 Å². The van der Waals surface area contributed by atoms with Crippen LogP contribution in [0.1, 0.15) is 27.8 Å². The molecule has 0 aliphatic rings. The van der Waals surface area contributed by atoms with Crippen molar-refractivity contribution >= 4 is 23.3 Å². The number of hydrogen-bond donors (Lipinski definition) is 1. The van der Waals surface area contributed by atoms with Crippen molar-refractivity contribution in [1.82, 2.24) is 5.32 Å². The summed E-state index contributed by atoms with van der Waals surface area (Å²) in [6.07, 6.45) is 3.98. The Kier molecular flexibility index (Phi) is 6.59. The fourth-order valence-electron chi connectivity index (χ4n) is 2.58. The average Bonchev–Trinajstić information content (AvgIpc) is 2.62. The van der Waals surface area contributed by atoms with Crippen LogP contribution in [-0.4, -0.2) is 19.2 Å². The highest BCUT2D eigenvalue weighted by molar-refractivity contribution is 7.80. The van der Waals surface area contributed by atoms with Gasteiger partial charge in [0.1, 0.15) is 0 Å². The highest BCUT2D eigenvalue weighted by atomic mass is 32.1. The van der Waals surface area contributed by atoms with Crippen molar-refractivity contribution in [3.05, 3.63) is 64.2 Å². The summed E-state index contributed by atoms with van der Waals surface area (Å²) in [7, 11) is 3.26. The van der Waals surface area contributed by atoms with Crippen molar-refractivity contribution < 1.29 is 9.47 Å². The molecule has 0 spiro atoms. The Morgan fingerprint density at radius 2 is 1.64 bits per heavy atom. The third-order valence-electron chi connectivity index (χ3n) is 4.29. The first kappa shape index (κ1) is 19.0. The molecule has 0 saturated carbocycles. The normalized spacial score (nSPS) is 10.8. The van der Waals surface area contributed by atoms with Crippen molar-refractivity contribution in [3.63, 3.8) is 0 Å². The van der Waals surface area contributed by atoms with E-state index in [4.69, 9.17) is 21.7 Å². The summed E-state index contributed by atoms with van der Waals surface area (Å²) in [6.45, 7) is 7.05. The molecular formula is C21H25NO2S. The number of hydrogen-bond acceptors (Lipinski definition) is 3. The van der Waals surface area contributed by atoms with Crippen LogP contribution in [0.5, 0.6) is 11.5 Å². The quantitative estimate of drug-likeness (QED) is 0.598. The van der Waals surface area contributed by atoms with E-state index in [0.29, 0.717) is 17.3 Å². The predicted molar refractivity (Wildman–Crippen MR) is 109 cm³/mol. The Morgan fingerprint density at radius 3 is 2.24 bits per heavy atom. The first-order valence-electron chi connectivity index (χ1n) is 8.19. The number of ether oxygens (including phenoxy) is 2. The van der Waals surface area contributed by atoms with Gasteiger partial charge >= 0.3 is 0 Å². The molecule has 0 amide bonds. The van der Waals surface area contributed by atoms with E-state index in [0.717, 1.165) is 16.9 Å². The van der Waals surface area contributed by atoms with E-state index in [1.807, 2.05) is 30.4 Å². The van der Waals surface area contributed by atoms with Crippen LogP contribution in [0, 0.1) is 20.8 Å². The molecule has 4 heteroatoms. The van der Waals surface area contributed by atoms with Crippen LogP contribution in [0.3, 0.4) is 0 Å². The molecule has 25 heavy (non-hydrogen) atoms. The smallest absolute Gasteiger partial charge is 0.161 e. The Hall–Kier alpha value is -2.33. The number of thiocarbonyl (C=S) groups is 1. The zero-order valence-electron chi connectivity index (χ0n) is 15.5. The van der Waals surface area contributed by atoms with E-state index in [-0.39, 0.29) is 0 Å². The number of rotatable bonds is 6. The van der Waals surface area contributed by atoms with Crippen molar-refractivity contribution in [2.75, 3.05) is 14.2 Å². The Morgan fingerprint density at radius 1 is 1.00 bits per heavy atom. The molecule has 132 valence electrons. The molecule has 0 heterocycles. The van der Waals surface area contributed by atoms with E-state index in [9.17, 15) is 0 Å². The van der Waals surface area contributed by atoms with E-state index >= 15 is 0 Å². The number of methoxy groups -OCH3 is 2. The van der Waals surface area contributed by atoms with Crippen LogP contribution < -0.4 is 14.8 Å². The molecule has 2 aromatic carbocycles. The van der Waals surface area contributed by atoms with Gasteiger partial charge in [0.25, 0.3) is 0 Å². The van der Waals surface area contributed by atoms with Gasteiger partial charge in [-0.25, -0.2) is 0 Å². The summed E-state index contributed by atoms with van der Waals surface area (Å²) in [5.74, 6) is 1.44. The lowest BCUT2D eigenvalue weighted by Gasteiger charge is -2.10. The minimum absolute atomic E-state index is 0.634. The topological polar surface area (TPSA) is 30.5 Å². The minimum atomic E-state index is 0.634. The summed E-state index contributed by atoms with van der Waals surface area (Å²) in [5, 5.41) is 3.25. The molecule has 0 aromatic heterocycles. The van der Waals surface area contributed by atoms with Crippen molar-refractivity contribution in [1.29, 1.82) is 0 Å². The highest BCUT2D eigenvalue weighted by Crippen LogP contribution is 2.27. The first-order valence-corrected chi connectivity index (χ1v) is 8.60. The zero-order valence-corrected chi connectivity index (χ0v) is 16.3. The Balaban J connectivity index is 1.99. The SMILES string of the molecule is COc1ccc(CNC(=S)/C=C/c2cc(C)c(C)c(C)c2)cc1OC. The third-order valence-corrected chi connectivity index (χ3v) is 4.57. The van der Waals surface area contributed by atoms with Gasteiger partial charge in [-0.2, -0.15) is 0 Å². The van der Waals surface area contributed by atoms with E-state index < -0.39 is 0 Å². The van der Waals surface area contributed by atoms with Crippen molar-refractivity contribution in [3.8, 4) is 11.5 Å². The molecule has 0 bridgehead atoms. The van der Waals surface area contributed by atoms with Gasteiger partial charge < -0.3 is 14.8 Å². The molecule has 1 N–H and O–H groups in total. The third kappa shape index (κ3) is 5.07. The minimum Gasteiger partial charge on any atom is -0.493 e. The van der Waals surface area contributed by atoms with E-state index in [1.165, 1.54) is 16.7 Å². The predicted octanol–water partition coefficient (Wildman–Crippen LogP) is 4.76. The van der Waals surface area contributed by atoms with Gasteiger partial charge in [-0.3, -0.25) is 0 Å². The standard InChI is InChI=1S/C21H25NO2S/c1-14-10-17(11-15(2)16(14)3)7-9-21(25)22-13-18-6-8-19(23-4)20(12-18)24-5/h6-12H,13H2,1-5H3,(H,22,25)/b9-7+. The summed E-state index contributed by atoms with van der Waals surface area (Å²) in [5.41, 5.74) is 6.17. The fraction of sp³-hybridized carbons (Fsp3) is 0.286. The van der Waals surface area contributed by atoms with Gasteiger partial charge in [-0.1, -0.05) is 36.5 Å². The molecular weight excluding hydrogens is 330 g/mol.